The van der Waals surface area contributed by atoms with Gasteiger partial charge in [0.05, 0.1) is 0 Å². The summed E-state index contributed by atoms with van der Waals surface area (Å²) in [7, 11) is 0. The molecule has 1 nitrogen and oxygen atoms in total. The van der Waals surface area contributed by atoms with Gasteiger partial charge in [0, 0.05) is 11.3 Å². The van der Waals surface area contributed by atoms with Gasteiger partial charge in [-0.2, -0.15) is 0 Å². The minimum Gasteiger partial charge on any atom is -0.377 e. The molecule has 3 heteroatoms. The molecule has 3 fully saturated rings. The van der Waals surface area contributed by atoms with E-state index in [-0.39, 0.29) is 5.92 Å². The Morgan fingerprint density at radius 3 is 2.83 bits per heavy atom. The van der Waals surface area contributed by atoms with Crippen LogP contribution in [0.25, 0.3) is 0 Å². The Balaban J connectivity index is 1.76. The molecule has 0 aromatic heterocycles. The van der Waals surface area contributed by atoms with Crippen molar-refractivity contribution in [3.05, 3.63) is 11.6 Å². The Morgan fingerprint density at radius 2 is 2.12 bits per heavy atom. The molecule has 1 N–H and O–H groups in total. The molecule has 0 radical (unpaired) electrons. The third-order valence-electron chi connectivity index (χ3n) is 8.14. The van der Waals surface area contributed by atoms with Gasteiger partial charge >= 0.3 is 0 Å². The molecule has 0 aromatic carbocycles. The Morgan fingerprint density at radius 1 is 1.33 bits per heavy atom. The van der Waals surface area contributed by atoms with Crippen LogP contribution < -0.4 is 0 Å². The highest BCUT2D eigenvalue weighted by atomic mass is 19.3. The molecule has 0 aliphatic heterocycles. The Kier molecular flexibility index (Phi) is 3.84. The standard InChI is InChI=1S/C21H28F2O/c1-3-21(24)11-10-17-15-9-8-13-6-4-5-7-14(13)18(15)16(19(22)23)12-20(17,21)2/h1,6,14-19,24H,4-5,7-12H2,2H3/t14-,15-,16-,17-,18+,20-,21-/m0/s1. The van der Waals surface area contributed by atoms with E-state index in [4.69, 9.17) is 6.42 Å². The maximum atomic E-state index is 14.1. The molecule has 0 amide bonds. The van der Waals surface area contributed by atoms with Crippen LogP contribution in [-0.2, 0) is 0 Å². The number of aliphatic hydroxyl groups is 1. The Labute approximate surface area is 143 Å². The fourth-order valence-electron chi connectivity index (χ4n) is 7.00. The van der Waals surface area contributed by atoms with Gasteiger partial charge in [0.1, 0.15) is 5.60 Å². The second kappa shape index (κ2) is 5.56. The lowest BCUT2D eigenvalue weighted by Gasteiger charge is -2.57. The predicted octanol–water partition coefficient (Wildman–Crippen LogP) is 4.80. The molecule has 4 rings (SSSR count). The van der Waals surface area contributed by atoms with Crippen LogP contribution in [0, 0.1) is 47.3 Å². The predicted molar refractivity (Wildman–Crippen MR) is 90.4 cm³/mol. The number of hydrogen-bond donors (Lipinski definition) is 1. The number of fused-ring (bicyclic) bond motifs is 5. The van der Waals surface area contributed by atoms with E-state index in [1.165, 1.54) is 5.57 Å². The van der Waals surface area contributed by atoms with Crippen LogP contribution in [-0.4, -0.2) is 17.1 Å². The van der Waals surface area contributed by atoms with E-state index in [0.717, 1.165) is 38.5 Å². The molecular weight excluding hydrogens is 306 g/mol. The van der Waals surface area contributed by atoms with Crippen molar-refractivity contribution in [3.8, 4) is 12.3 Å². The molecule has 4 aliphatic rings. The lowest BCUT2D eigenvalue weighted by Crippen LogP contribution is -2.56. The van der Waals surface area contributed by atoms with Gasteiger partial charge in [0.25, 0.3) is 0 Å². The number of alkyl halides is 2. The minimum absolute atomic E-state index is 0.0866. The summed E-state index contributed by atoms with van der Waals surface area (Å²) in [6, 6.07) is 0. The van der Waals surface area contributed by atoms with E-state index in [0.29, 0.717) is 30.6 Å². The van der Waals surface area contributed by atoms with Crippen LogP contribution in [0.2, 0.25) is 0 Å². The van der Waals surface area contributed by atoms with Crippen molar-refractivity contribution in [2.24, 2.45) is 35.0 Å². The summed E-state index contributed by atoms with van der Waals surface area (Å²) in [5.74, 6) is 2.99. The van der Waals surface area contributed by atoms with Crippen molar-refractivity contribution < 1.29 is 13.9 Å². The Hall–Kier alpha value is -0.880. The number of terminal acetylenes is 1. The fourth-order valence-corrected chi connectivity index (χ4v) is 7.00. The van der Waals surface area contributed by atoms with E-state index in [1.807, 2.05) is 6.92 Å². The van der Waals surface area contributed by atoms with Crippen LogP contribution in [0.1, 0.15) is 58.3 Å². The van der Waals surface area contributed by atoms with Gasteiger partial charge in [-0.15, -0.1) is 6.42 Å². The lowest BCUT2D eigenvalue weighted by atomic mass is 9.47. The number of halogens is 2. The summed E-state index contributed by atoms with van der Waals surface area (Å²) >= 11 is 0. The lowest BCUT2D eigenvalue weighted by molar-refractivity contribution is -0.142. The molecule has 0 heterocycles. The summed E-state index contributed by atoms with van der Waals surface area (Å²) in [4.78, 5) is 0. The SMILES string of the molecule is C#C[C@]1(O)CC[C@H]2[C@@H]3CCC4=CCCC[C@@H]4[C@H]3[C@@H](C(F)F)C[C@@]21C. The first-order valence-corrected chi connectivity index (χ1v) is 9.58. The van der Waals surface area contributed by atoms with Gasteiger partial charge in [-0.3, -0.25) is 0 Å². The molecule has 7 atom stereocenters. The zero-order valence-corrected chi connectivity index (χ0v) is 14.5. The maximum absolute atomic E-state index is 14.1. The number of rotatable bonds is 1. The van der Waals surface area contributed by atoms with E-state index >= 15 is 0 Å². The second-order valence-electron chi connectivity index (χ2n) is 8.87. The van der Waals surface area contributed by atoms with Crippen molar-refractivity contribution in [3.63, 3.8) is 0 Å². The molecule has 24 heavy (non-hydrogen) atoms. The third-order valence-corrected chi connectivity index (χ3v) is 8.14. The smallest absolute Gasteiger partial charge is 0.241 e. The molecule has 0 aromatic rings. The quantitative estimate of drug-likeness (QED) is 0.539. The Bertz CT molecular complexity index is 591. The topological polar surface area (TPSA) is 20.2 Å². The van der Waals surface area contributed by atoms with Crippen molar-refractivity contribution in [1.82, 2.24) is 0 Å². The van der Waals surface area contributed by atoms with E-state index in [9.17, 15) is 13.9 Å². The zero-order chi connectivity index (χ0) is 17.1. The summed E-state index contributed by atoms with van der Waals surface area (Å²) in [6.07, 6.45) is 12.9. The number of hydrogen-bond acceptors (Lipinski definition) is 1. The molecule has 4 aliphatic carbocycles. The highest BCUT2D eigenvalue weighted by Crippen LogP contribution is 2.66. The second-order valence-corrected chi connectivity index (χ2v) is 8.87. The minimum atomic E-state index is -2.32. The summed E-state index contributed by atoms with van der Waals surface area (Å²) in [6.45, 7) is 1.99. The van der Waals surface area contributed by atoms with Gasteiger partial charge in [-0.05, 0) is 75.0 Å². The van der Waals surface area contributed by atoms with Crippen molar-refractivity contribution in [1.29, 1.82) is 0 Å². The average Bonchev–Trinajstić information content (AvgIpc) is 2.85. The molecular formula is C21H28F2O. The van der Waals surface area contributed by atoms with Gasteiger partial charge in [0.15, 0.2) is 0 Å². The first-order chi connectivity index (χ1) is 11.4. The molecule has 0 bridgehead atoms. The molecule has 0 spiro atoms. The molecule has 0 saturated heterocycles. The average molecular weight is 334 g/mol. The molecule has 3 saturated carbocycles. The van der Waals surface area contributed by atoms with Crippen molar-refractivity contribution in [2.45, 2.75) is 70.3 Å². The highest BCUT2D eigenvalue weighted by Gasteiger charge is 2.65. The van der Waals surface area contributed by atoms with Crippen LogP contribution in [0.15, 0.2) is 11.6 Å². The monoisotopic (exact) mass is 334 g/mol. The zero-order valence-electron chi connectivity index (χ0n) is 14.5. The summed E-state index contributed by atoms with van der Waals surface area (Å²) < 4.78 is 28.2. The van der Waals surface area contributed by atoms with E-state index < -0.39 is 23.4 Å². The van der Waals surface area contributed by atoms with Gasteiger partial charge in [-0.1, -0.05) is 24.5 Å². The van der Waals surface area contributed by atoms with E-state index in [1.54, 1.807) is 0 Å². The molecule has 0 unspecified atom stereocenters. The fraction of sp³-hybridized carbons (Fsp3) is 0.810. The maximum Gasteiger partial charge on any atom is 0.241 e. The van der Waals surface area contributed by atoms with Crippen LogP contribution in [0.3, 0.4) is 0 Å². The normalized spacial score (nSPS) is 50.5. The number of allylic oxidation sites excluding steroid dienone is 2. The first-order valence-electron chi connectivity index (χ1n) is 9.58. The van der Waals surface area contributed by atoms with Gasteiger partial charge < -0.3 is 5.11 Å². The molecule has 132 valence electrons. The van der Waals surface area contributed by atoms with Crippen LogP contribution in [0.5, 0.6) is 0 Å². The van der Waals surface area contributed by atoms with Crippen LogP contribution in [0.4, 0.5) is 8.78 Å². The van der Waals surface area contributed by atoms with E-state index in [2.05, 4.69) is 12.0 Å². The van der Waals surface area contributed by atoms with Crippen molar-refractivity contribution >= 4 is 0 Å². The summed E-state index contributed by atoms with van der Waals surface area (Å²) in [5.41, 5.74) is -0.319. The van der Waals surface area contributed by atoms with Crippen molar-refractivity contribution in [2.75, 3.05) is 0 Å². The highest BCUT2D eigenvalue weighted by molar-refractivity contribution is 5.26. The van der Waals surface area contributed by atoms with Crippen LogP contribution >= 0.6 is 0 Å². The third kappa shape index (κ3) is 2.08. The van der Waals surface area contributed by atoms with Gasteiger partial charge in [0.2, 0.25) is 6.43 Å². The largest absolute Gasteiger partial charge is 0.377 e. The first kappa shape index (κ1) is 16.6. The summed E-state index contributed by atoms with van der Waals surface area (Å²) in [5, 5.41) is 11.0. The van der Waals surface area contributed by atoms with Gasteiger partial charge in [-0.25, -0.2) is 8.78 Å².